The van der Waals surface area contributed by atoms with E-state index < -0.39 is 22.3 Å². The molecule has 0 amide bonds. The molecule has 1 aliphatic rings. The summed E-state index contributed by atoms with van der Waals surface area (Å²) in [5, 5.41) is 0. The Hall–Kier alpha value is -1.28. The summed E-state index contributed by atoms with van der Waals surface area (Å²) in [4.78, 5) is 10.6. The van der Waals surface area contributed by atoms with E-state index in [2.05, 4.69) is 0 Å². The number of aldehydes is 1. The second-order valence-corrected chi connectivity index (χ2v) is 6.13. The largest absolute Gasteiger partial charge is 0.370 e. The average molecular weight is 300 g/mol. The molecule has 20 heavy (non-hydrogen) atoms. The number of aryl methyl sites for hydroxylation is 1. The third-order valence-electron chi connectivity index (χ3n) is 2.86. The Morgan fingerprint density at radius 3 is 2.50 bits per heavy atom. The maximum Gasteiger partial charge on any atom is 0.297 e. The van der Waals surface area contributed by atoms with E-state index in [1.54, 1.807) is 12.1 Å². The number of ether oxygens (including phenoxy) is 2. The first-order chi connectivity index (χ1) is 9.51. The molecule has 0 unspecified atom stereocenters. The Labute approximate surface area is 117 Å². The fourth-order valence-electron chi connectivity index (χ4n) is 1.67. The van der Waals surface area contributed by atoms with E-state index in [4.69, 9.17) is 13.7 Å². The minimum Gasteiger partial charge on any atom is -0.370 e. The van der Waals surface area contributed by atoms with Crippen LogP contribution >= 0.6 is 0 Å². The van der Waals surface area contributed by atoms with Gasteiger partial charge in [0.1, 0.15) is 12.2 Å². The predicted octanol–water partition coefficient (Wildman–Crippen LogP) is 0.683. The molecule has 0 saturated carbocycles. The zero-order valence-electron chi connectivity index (χ0n) is 11.0. The van der Waals surface area contributed by atoms with E-state index >= 15 is 0 Å². The summed E-state index contributed by atoms with van der Waals surface area (Å²) in [7, 11) is -3.80. The van der Waals surface area contributed by atoms with E-state index in [1.807, 2.05) is 6.92 Å². The summed E-state index contributed by atoms with van der Waals surface area (Å²) in [5.74, 6) is 0. The van der Waals surface area contributed by atoms with Gasteiger partial charge >= 0.3 is 0 Å². The van der Waals surface area contributed by atoms with Gasteiger partial charge in [-0.3, -0.25) is 4.18 Å². The Morgan fingerprint density at radius 1 is 1.25 bits per heavy atom. The Morgan fingerprint density at radius 2 is 1.95 bits per heavy atom. The van der Waals surface area contributed by atoms with Crippen molar-refractivity contribution >= 4 is 16.4 Å². The summed E-state index contributed by atoms with van der Waals surface area (Å²) in [6.07, 6.45) is -0.425. The molecule has 1 aliphatic heterocycles. The number of carbonyl (C=O) groups excluding carboxylic acids is 1. The lowest BCUT2D eigenvalue weighted by Crippen LogP contribution is -2.39. The van der Waals surface area contributed by atoms with Crippen molar-refractivity contribution in [3.05, 3.63) is 29.8 Å². The average Bonchev–Trinajstić information content (AvgIpc) is 2.46. The van der Waals surface area contributed by atoms with Crippen molar-refractivity contribution in [2.24, 2.45) is 0 Å². The van der Waals surface area contributed by atoms with Crippen LogP contribution in [0.15, 0.2) is 29.2 Å². The van der Waals surface area contributed by atoms with Crippen LogP contribution in [0.25, 0.3) is 0 Å². The van der Waals surface area contributed by atoms with Crippen molar-refractivity contribution < 1.29 is 26.9 Å². The molecule has 110 valence electrons. The third kappa shape index (κ3) is 3.86. The van der Waals surface area contributed by atoms with Crippen molar-refractivity contribution in [1.82, 2.24) is 0 Å². The first-order valence-electron chi connectivity index (χ1n) is 6.16. The van der Waals surface area contributed by atoms with Gasteiger partial charge in [0.05, 0.1) is 24.7 Å². The predicted molar refractivity (Wildman–Crippen MR) is 69.9 cm³/mol. The van der Waals surface area contributed by atoms with Crippen molar-refractivity contribution in [3.63, 3.8) is 0 Å². The standard InChI is InChI=1S/C13H16O6S/c1-10-2-4-13(5-3-10)20(15,16)19-9-12-8-17-11(6-14)7-18-12/h2-6,11-12H,7-9H2,1H3/t11-,12+/m1/s1. The van der Waals surface area contributed by atoms with Crippen LogP contribution in [0.1, 0.15) is 5.56 Å². The molecule has 1 saturated heterocycles. The van der Waals surface area contributed by atoms with Gasteiger partial charge in [-0.1, -0.05) is 17.7 Å². The molecule has 0 N–H and O–H groups in total. The smallest absolute Gasteiger partial charge is 0.297 e. The van der Waals surface area contributed by atoms with Gasteiger partial charge in [-0.15, -0.1) is 0 Å². The van der Waals surface area contributed by atoms with Crippen LogP contribution in [0, 0.1) is 6.92 Å². The van der Waals surface area contributed by atoms with E-state index in [0.29, 0.717) is 6.29 Å². The molecule has 1 fully saturated rings. The van der Waals surface area contributed by atoms with Crippen LogP contribution < -0.4 is 0 Å². The molecule has 6 nitrogen and oxygen atoms in total. The molecule has 2 atom stereocenters. The Kier molecular flexibility index (Phi) is 4.87. The highest BCUT2D eigenvalue weighted by Gasteiger charge is 2.24. The van der Waals surface area contributed by atoms with Gasteiger partial charge in [-0.2, -0.15) is 8.42 Å². The molecule has 0 radical (unpaired) electrons. The Bertz CT molecular complexity index is 543. The van der Waals surface area contributed by atoms with Gasteiger partial charge in [-0.25, -0.2) is 0 Å². The van der Waals surface area contributed by atoms with Crippen molar-refractivity contribution in [2.45, 2.75) is 24.0 Å². The maximum atomic E-state index is 11.9. The zero-order valence-corrected chi connectivity index (χ0v) is 11.8. The van der Waals surface area contributed by atoms with E-state index in [9.17, 15) is 13.2 Å². The number of rotatable bonds is 5. The molecule has 1 aromatic rings. The van der Waals surface area contributed by atoms with Gasteiger partial charge in [0.25, 0.3) is 10.1 Å². The van der Waals surface area contributed by atoms with Crippen molar-refractivity contribution in [2.75, 3.05) is 19.8 Å². The highest BCUT2D eigenvalue weighted by molar-refractivity contribution is 7.86. The first-order valence-corrected chi connectivity index (χ1v) is 7.56. The minimum atomic E-state index is -3.80. The molecule has 1 heterocycles. The van der Waals surface area contributed by atoms with E-state index in [-0.39, 0.29) is 24.7 Å². The lowest BCUT2D eigenvalue weighted by molar-refractivity contribution is -0.152. The number of carbonyl (C=O) groups is 1. The van der Waals surface area contributed by atoms with Crippen LogP contribution in [-0.4, -0.2) is 46.7 Å². The summed E-state index contributed by atoms with van der Waals surface area (Å²) < 4.78 is 39.3. The molecule has 0 aliphatic carbocycles. The molecular weight excluding hydrogens is 284 g/mol. The lowest BCUT2D eigenvalue weighted by Gasteiger charge is -2.26. The molecule has 0 aromatic heterocycles. The molecule has 7 heteroatoms. The highest BCUT2D eigenvalue weighted by Crippen LogP contribution is 2.15. The van der Waals surface area contributed by atoms with E-state index in [1.165, 1.54) is 12.1 Å². The molecule has 1 aromatic carbocycles. The lowest BCUT2D eigenvalue weighted by atomic mass is 10.2. The second-order valence-electron chi connectivity index (χ2n) is 4.51. The molecule has 0 bridgehead atoms. The summed E-state index contributed by atoms with van der Waals surface area (Å²) in [5.41, 5.74) is 0.966. The molecule has 0 spiro atoms. The van der Waals surface area contributed by atoms with Crippen molar-refractivity contribution in [1.29, 1.82) is 0 Å². The quantitative estimate of drug-likeness (QED) is 0.588. The fourth-order valence-corrected chi connectivity index (χ4v) is 2.61. The second kappa shape index (κ2) is 6.45. The van der Waals surface area contributed by atoms with Gasteiger partial charge in [0.2, 0.25) is 0 Å². The van der Waals surface area contributed by atoms with Crippen molar-refractivity contribution in [3.8, 4) is 0 Å². The zero-order chi connectivity index (χ0) is 14.6. The van der Waals surface area contributed by atoms with Crippen LogP contribution in [-0.2, 0) is 28.6 Å². The van der Waals surface area contributed by atoms with Crippen LogP contribution in [0.4, 0.5) is 0 Å². The van der Waals surface area contributed by atoms with Crippen LogP contribution in [0.3, 0.4) is 0 Å². The molecular formula is C13H16O6S. The first kappa shape index (κ1) is 15.1. The monoisotopic (exact) mass is 300 g/mol. The van der Waals surface area contributed by atoms with Gasteiger partial charge in [0.15, 0.2) is 6.29 Å². The Balaban J connectivity index is 1.90. The van der Waals surface area contributed by atoms with Crippen LogP contribution in [0.2, 0.25) is 0 Å². The highest BCUT2D eigenvalue weighted by atomic mass is 32.2. The topological polar surface area (TPSA) is 78.9 Å². The number of benzene rings is 1. The maximum absolute atomic E-state index is 11.9. The van der Waals surface area contributed by atoms with Gasteiger partial charge in [0, 0.05) is 0 Å². The molecule has 2 rings (SSSR count). The normalized spacial score (nSPS) is 23.4. The van der Waals surface area contributed by atoms with Gasteiger partial charge < -0.3 is 14.3 Å². The third-order valence-corrected chi connectivity index (χ3v) is 4.16. The van der Waals surface area contributed by atoms with E-state index in [0.717, 1.165) is 5.56 Å². The van der Waals surface area contributed by atoms with Crippen LogP contribution in [0.5, 0.6) is 0 Å². The summed E-state index contributed by atoms with van der Waals surface area (Å²) >= 11 is 0. The number of hydrogen-bond acceptors (Lipinski definition) is 6. The summed E-state index contributed by atoms with van der Waals surface area (Å²) in [6.45, 7) is 1.98. The van der Waals surface area contributed by atoms with Gasteiger partial charge in [-0.05, 0) is 19.1 Å². The summed E-state index contributed by atoms with van der Waals surface area (Å²) in [6, 6.07) is 6.38. The SMILES string of the molecule is Cc1ccc(S(=O)(=O)OC[C@@H]2CO[C@H](C=O)CO2)cc1. The fraction of sp³-hybridized carbons (Fsp3) is 0.462. The minimum absolute atomic E-state index is 0.102. The number of hydrogen-bond donors (Lipinski definition) is 0.